The summed E-state index contributed by atoms with van der Waals surface area (Å²) in [6.45, 7) is 2.53. The van der Waals surface area contributed by atoms with Crippen LogP contribution in [0.15, 0.2) is 18.2 Å². The van der Waals surface area contributed by atoms with E-state index in [0.29, 0.717) is 25.1 Å². The zero-order valence-corrected chi connectivity index (χ0v) is 16.1. The molecule has 3 amide bonds. The first-order chi connectivity index (χ1) is 14.0. The molecule has 3 N–H and O–H groups in total. The van der Waals surface area contributed by atoms with Gasteiger partial charge < -0.3 is 15.5 Å². The van der Waals surface area contributed by atoms with Gasteiger partial charge in [-0.3, -0.25) is 24.4 Å². The van der Waals surface area contributed by atoms with Crippen molar-refractivity contribution in [1.82, 2.24) is 25.3 Å². The van der Waals surface area contributed by atoms with Gasteiger partial charge >= 0.3 is 0 Å². The van der Waals surface area contributed by atoms with E-state index < -0.39 is 11.9 Å². The van der Waals surface area contributed by atoms with Crippen LogP contribution in [-0.4, -0.2) is 38.4 Å². The summed E-state index contributed by atoms with van der Waals surface area (Å²) >= 11 is 0. The number of nitrogens with one attached hydrogen (secondary N) is 3. The molecule has 1 atom stereocenters. The zero-order valence-electron chi connectivity index (χ0n) is 16.1. The van der Waals surface area contributed by atoms with Gasteiger partial charge in [-0.15, -0.1) is 0 Å². The Morgan fingerprint density at radius 1 is 1.21 bits per heavy atom. The van der Waals surface area contributed by atoms with Crippen LogP contribution in [0.5, 0.6) is 0 Å². The summed E-state index contributed by atoms with van der Waals surface area (Å²) in [6.07, 6.45) is 0.620. The van der Waals surface area contributed by atoms with E-state index in [9.17, 15) is 14.4 Å². The van der Waals surface area contributed by atoms with Gasteiger partial charge in [0.1, 0.15) is 6.04 Å². The van der Waals surface area contributed by atoms with Gasteiger partial charge in [0.15, 0.2) is 5.82 Å². The third-order valence-corrected chi connectivity index (χ3v) is 5.99. The second-order valence-electron chi connectivity index (χ2n) is 7.70. The number of hydrogen-bond acceptors (Lipinski definition) is 6. The van der Waals surface area contributed by atoms with Crippen molar-refractivity contribution >= 4 is 23.5 Å². The zero-order chi connectivity index (χ0) is 20.1. The van der Waals surface area contributed by atoms with Gasteiger partial charge in [0, 0.05) is 50.8 Å². The molecule has 3 aliphatic rings. The van der Waals surface area contributed by atoms with Crippen molar-refractivity contribution in [2.24, 2.45) is 7.05 Å². The molecule has 29 heavy (non-hydrogen) atoms. The number of nitrogens with zero attached hydrogens (tertiary/aromatic N) is 3. The number of piperidine rings is 1. The van der Waals surface area contributed by atoms with E-state index in [1.165, 1.54) is 11.3 Å². The van der Waals surface area contributed by atoms with E-state index in [1.807, 2.05) is 23.9 Å². The van der Waals surface area contributed by atoms with Gasteiger partial charge in [-0.1, -0.05) is 12.1 Å². The highest BCUT2D eigenvalue weighted by atomic mass is 16.2. The lowest BCUT2D eigenvalue weighted by molar-refractivity contribution is -0.136. The third kappa shape index (κ3) is 2.89. The van der Waals surface area contributed by atoms with Crippen molar-refractivity contribution < 1.29 is 14.4 Å². The maximum Gasteiger partial charge on any atom is 0.255 e. The SMILES string of the molecule is Cn1nc(NCc2cccc3c2CN(C2CCC(=O)NC2=O)C3=O)c2c1CNC2. The number of hydrogen-bond donors (Lipinski definition) is 3. The number of carbonyl (C=O) groups is 3. The monoisotopic (exact) mass is 394 g/mol. The first-order valence-corrected chi connectivity index (χ1v) is 9.77. The van der Waals surface area contributed by atoms with E-state index in [0.717, 1.165) is 30.0 Å². The van der Waals surface area contributed by atoms with Crippen LogP contribution in [0.25, 0.3) is 0 Å². The predicted octanol–water partition coefficient (Wildman–Crippen LogP) is 0.396. The van der Waals surface area contributed by atoms with Gasteiger partial charge in [0.2, 0.25) is 11.8 Å². The Hall–Kier alpha value is -3.20. The Labute approximate surface area is 167 Å². The quantitative estimate of drug-likeness (QED) is 0.648. The van der Waals surface area contributed by atoms with Gasteiger partial charge in [0.25, 0.3) is 5.91 Å². The van der Waals surface area contributed by atoms with E-state index in [1.54, 1.807) is 11.0 Å². The Kier molecular flexibility index (Phi) is 4.13. The predicted molar refractivity (Wildman–Crippen MR) is 104 cm³/mol. The van der Waals surface area contributed by atoms with Crippen molar-refractivity contribution in [1.29, 1.82) is 0 Å². The van der Waals surface area contributed by atoms with Crippen LogP contribution >= 0.6 is 0 Å². The van der Waals surface area contributed by atoms with Crippen LogP contribution < -0.4 is 16.0 Å². The Morgan fingerprint density at radius 3 is 2.90 bits per heavy atom. The highest BCUT2D eigenvalue weighted by Gasteiger charge is 2.39. The molecule has 2 aromatic rings. The fourth-order valence-corrected chi connectivity index (χ4v) is 4.45. The molecule has 1 fully saturated rings. The minimum Gasteiger partial charge on any atom is -0.364 e. The third-order valence-electron chi connectivity index (χ3n) is 5.99. The standard InChI is InChI=1S/C20H22N6O3/c1-25-16-9-21-8-13(16)18(24-25)22-7-11-3-2-4-12-14(11)10-26(20(12)29)15-5-6-17(27)23-19(15)28/h2-4,15,21H,5-10H2,1H3,(H,22,24)(H,23,27,28). The minimum absolute atomic E-state index is 0.153. The Morgan fingerprint density at radius 2 is 2.07 bits per heavy atom. The molecular formula is C20H22N6O3. The van der Waals surface area contributed by atoms with Crippen LogP contribution in [0.4, 0.5) is 5.82 Å². The summed E-state index contributed by atoms with van der Waals surface area (Å²) in [5, 5.41) is 13.6. The first-order valence-electron chi connectivity index (χ1n) is 9.77. The van der Waals surface area contributed by atoms with Crippen molar-refractivity contribution in [3.8, 4) is 0 Å². The summed E-state index contributed by atoms with van der Waals surface area (Å²) in [7, 11) is 1.94. The summed E-state index contributed by atoms with van der Waals surface area (Å²) in [4.78, 5) is 38.2. The molecule has 1 aromatic carbocycles. The van der Waals surface area contributed by atoms with Crippen molar-refractivity contribution in [3.05, 3.63) is 46.1 Å². The van der Waals surface area contributed by atoms with Gasteiger partial charge in [0.05, 0.1) is 5.69 Å². The minimum atomic E-state index is -0.599. The summed E-state index contributed by atoms with van der Waals surface area (Å²) in [5.41, 5.74) is 4.93. The van der Waals surface area contributed by atoms with Gasteiger partial charge in [-0.2, -0.15) is 5.10 Å². The van der Waals surface area contributed by atoms with Crippen LogP contribution in [0, 0.1) is 0 Å². The van der Waals surface area contributed by atoms with Crippen LogP contribution in [0.1, 0.15) is 45.6 Å². The summed E-state index contributed by atoms with van der Waals surface area (Å²) in [6, 6.07) is 5.06. The Balaban J connectivity index is 1.36. The second-order valence-corrected chi connectivity index (χ2v) is 7.70. The smallest absolute Gasteiger partial charge is 0.255 e. The largest absolute Gasteiger partial charge is 0.364 e. The summed E-state index contributed by atoms with van der Waals surface area (Å²) in [5.74, 6) is 0.0343. The molecule has 1 saturated heterocycles. The molecule has 0 saturated carbocycles. The molecule has 5 rings (SSSR count). The molecule has 9 heteroatoms. The lowest BCUT2D eigenvalue weighted by Gasteiger charge is -2.29. The van der Waals surface area contributed by atoms with Crippen molar-refractivity contribution in [2.45, 2.75) is 45.1 Å². The van der Waals surface area contributed by atoms with Crippen LogP contribution in [-0.2, 0) is 42.8 Å². The first kappa shape index (κ1) is 17.9. The molecule has 1 unspecified atom stereocenters. The van der Waals surface area contributed by atoms with Crippen LogP contribution in [0.2, 0.25) is 0 Å². The maximum absolute atomic E-state index is 12.9. The van der Waals surface area contributed by atoms with Crippen molar-refractivity contribution in [2.75, 3.05) is 5.32 Å². The second kappa shape index (κ2) is 6.70. The number of aromatic nitrogens is 2. The molecule has 1 aromatic heterocycles. The molecule has 0 aliphatic carbocycles. The van der Waals surface area contributed by atoms with E-state index in [-0.39, 0.29) is 18.2 Å². The molecule has 150 valence electrons. The number of benzene rings is 1. The number of fused-ring (bicyclic) bond motifs is 2. The average Bonchev–Trinajstić information content (AvgIpc) is 3.38. The fraction of sp³-hybridized carbons (Fsp3) is 0.400. The number of anilines is 1. The van der Waals surface area contributed by atoms with Gasteiger partial charge in [-0.05, 0) is 23.6 Å². The number of aryl methyl sites for hydroxylation is 1. The van der Waals surface area contributed by atoms with Crippen LogP contribution in [0.3, 0.4) is 0 Å². The van der Waals surface area contributed by atoms with Crippen molar-refractivity contribution in [3.63, 3.8) is 0 Å². The fourth-order valence-electron chi connectivity index (χ4n) is 4.45. The maximum atomic E-state index is 12.9. The van der Waals surface area contributed by atoms with E-state index in [2.05, 4.69) is 21.0 Å². The van der Waals surface area contributed by atoms with Gasteiger partial charge in [-0.25, -0.2) is 0 Å². The number of amides is 3. The average molecular weight is 394 g/mol. The number of imide groups is 1. The lowest BCUT2D eigenvalue weighted by Crippen LogP contribution is -2.52. The molecule has 9 nitrogen and oxygen atoms in total. The molecule has 3 aliphatic heterocycles. The molecule has 0 spiro atoms. The summed E-state index contributed by atoms with van der Waals surface area (Å²) < 4.78 is 1.89. The molecule has 0 bridgehead atoms. The molecule has 4 heterocycles. The normalized spacial score (nSPS) is 20.7. The molecule has 0 radical (unpaired) electrons. The number of carbonyl (C=O) groups excluding carboxylic acids is 3. The van der Waals surface area contributed by atoms with E-state index in [4.69, 9.17) is 0 Å². The Bertz CT molecular complexity index is 1040. The number of rotatable bonds is 4. The topological polar surface area (TPSA) is 108 Å². The highest BCUT2D eigenvalue weighted by molar-refractivity contribution is 6.05. The van der Waals surface area contributed by atoms with E-state index >= 15 is 0 Å². The lowest BCUT2D eigenvalue weighted by atomic mass is 10.0. The molecular weight excluding hydrogens is 372 g/mol. The highest BCUT2D eigenvalue weighted by Crippen LogP contribution is 2.31.